The quantitative estimate of drug-likeness (QED) is 0.871. The van der Waals surface area contributed by atoms with Gasteiger partial charge in [0.1, 0.15) is 6.54 Å². The number of aliphatic carboxylic acids is 1. The summed E-state index contributed by atoms with van der Waals surface area (Å²) in [5.41, 5.74) is 3.11. The number of aryl methyl sites for hydroxylation is 2. The molecule has 5 nitrogen and oxygen atoms in total. The number of carboxylic acids is 1. The lowest BCUT2D eigenvalue weighted by Gasteiger charge is -2.26. The van der Waals surface area contributed by atoms with E-state index < -0.39 is 22.5 Å². The van der Waals surface area contributed by atoms with E-state index in [0.29, 0.717) is 12.1 Å². The number of benzene rings is 2. The number of carbonyl (C=O) groups is 1. The van der Waals surface area contributed by atoms with Gasteiger partial charge in [0.2, 0.25) is 0 Å². The van der Waals surface area contributed by atoms with Crippen molar-refractivity contribution >= 4 is 21.7 Å². The molecular weight excluding hydrogens is 326 g/mol. The summed E-state index contributed by atoms with van der Waals surface area (Å²) < 4.78 is 27.0. The Kier molecular flexibility index (Phi) is 5.29. The van der Waals surface area contributed by atoms with Crippen LogP contribution in [0.2, 0.25) is 0 Å². The minimum atomic E-state index is -3.96. The zero-order valence-electron chi connectivity index (χ0n) is 14.0. The van der Waals surface area contributed by atoms with Crippen molar-refractivity contribution in [2.24, 2.45) is 0 Å². The molecule has 6 heteroatoms. The van der Waals surface area contributed by atoms with Crippen LogP contribution in [0.25, 0.3) is 0 Å². The average molecular weight is 347 g/mol. The second-order valence-electron chi connectivity index (χ2n) is 5.64. The van der Waals surface area contributed by atoms with Crippen LogP contribution in [0.4, 0.5) is 5.69 Å². The highest BCUT2D eigenvalue weighted by molar-refractivity contribution is 7.92. The first kappa shape index (κ1) is 18.0. The normalized spacial score (nSPS) is 11.3. The summed E-state index contributed by atoms with van der Waals surface area (Å²) in [5, 5.41) is 9.23. The van der Waals surface area contributed by atoms with Gasteiger partial charge in [0.15, 0.2) is 0 Å². The fraction of sp³-hybridized carbons (Fsp3) is 0.278. The van der Waals surface area contributed by atoms with Crippen molar-refractivity contribution in [2.45, 2.75) is 32.1 Å². The summed E-state index contributed by atoms with van der Waals surface area (Å²) >= 11 is 0. The van der Waals surface area contributed by atoms with E-state index in [1.165, 1.54) is 12.1 Å². The molecule has 0 spiro atoms. The number of carboxylic acid groups (broad SMARTS) is 1. The molecule has 0 aliphatic rings. The average Bonchev–Trinajstić information content (AvgIpc) is 2.52. The second kappa shape index (κ2) is 7.05. The largest absolute Gasteiger partial charge is 0.480 e. The Morgan fingerprint density at radius 2 is 1.71 bits per heavy atom. The highest BCUT2D eigenvalue weighted by atomic mass is 32.2. The van der Waals surface area contributed by atoms with Crippen molar-refractivity contribution in [2.75, 3.05) is 10.8 Å². The highest BCUT2D eigenvalue weighted by Gasteiger charge is 2.28. The molecule has 0 radical (unpaired) electrons. The number of hydrogen-bond donors (Lipinski definition) is 1. The van der Waals surface area contributed by atoms with E-state index >= 15 is 0 Å². The molecule has 0 aliphatic carbocycles. The van der Waals surface area contributed by atoms with Crippen LogP contribution in [0, 0.1) is 13.8 Å². The lowest BCUT2D eigenvalue weighted by atomic mass is 10.0. The fourth-order valence-corrected chi connectivity index (χ4v) is 4.09. The molecule has 0 unspecified atom stereocenters. The molecule has 0 amide bonds. The van der Waals surface area contributed by atoms with Gasteiger partial charge in [0.05, 0.1) is 10.6 Å². The summed E-state index contributed by atoms with van der Waals surface area (Å²) in [6, 6.07) is 11.7. The minimum absolute atomic E-state index is 0.0814. The Hall–Kier alpha value is -2.34. The topological polar surface area (TPSA) is 74.7 Å². The predicted octanol–water partition coefficient (Wildman–Crippen LogP) is 3.15. The third-order valence-electron chi connectivity index (χ3n) is 3.90. The number of rotatable bonds is 6. The predicted molar refractivity (Wildman–Crippen MR) is 93.9 cm³/mol. The summed E-state index contributed by atoms with van der Waals surface area (Å²) in [7, 11) is -3.96. The maximum absolute atomic E-state index is 13.0. The Morgan fingerprint density at radius 3 is 2.25 bits per heavy atom. The van der Waals surface area contributed by atoms with Crippen LogP contribution in [0.15, 0.2) is 47.4 Å². The van der Waals surface area contributed by atoms with Crippen molar-refractivity contribution in [3.63, 3.8) is 0 Å². The van der Waals surface area contributed by atoms with Gasteiger partial charge < -0.3 is 5.11 Å². The van der Waals surface area contributed by atoms with Crippen LogP contribution in [0.5, 0.6) is 0 Å². The maximum Gasteiger partial charge on any atom is 0.324 e. The van der Waals surface area contributed by atoms with E-state index in [0.717, 1.165) is 21.0 Å². The molecule has 1 N–H and O–H groups in total. The summed E-state index contributed by atoms with van der Waals surface area (Å²) in [5.74, 6) is -1.20. The van der Waals surface area contributed by atoms with Gasteiger partial charge in [-0.1, -0.05) is 36.8 Å². The summed E-state index contributed by atoms with van der Waals surface area (Å²) in [6.45, 7) is 5.05. The van der Waals surface area contributed by atoms with Gasteiger partial charge in [-0.2, -0.15) is 0 Å². The molecule has 2 rings (SSSR count). The number of anilines is 1. The fourth-order valence-electron chi connectivity index (χ4n) is 2.64. The van der Waals surface area contributed by atoms with E-state index in [9.17, 15) is 18.3 Å². The van der Waals surface area contributed by atoms with Crippen LogP contribution in [0.1, 0.15) is 23.6 Å². The molecule has 0 bridgehead atoms. The lowest BCUT2D eigenvalue weighted by Crippen LogP contribution is -2.36. The smallest absolute Gasteiger partial charge is 0.324 e. The van der Waals surface area contributed by atoms with Gasteiger partial charge in [-0.05, 0) is 49.6 Å². The molecule has 0 saturated heterocycles. The summed E-state index contributed by atoms with van der Waals surface area (Å²) in [4.78, 5) is 11.4. The van der Waals surface area contributed by atoms with E-state index in [-0.39, 0.29) is 4.90 Å². The first-order valence-electron chi connectivity index (χ1n) is 7.67. The molecular formula is C18H21NO4S. The van der Waals surface area contributed by atoms with E-state index in [4.69, 9.17) is 0 Å². The highest BCUT2D eigenvalue weighted by Crippen LogP contribution is 2.29. The summed E-state index contributed by atoms with van der Waals surface area (Å²) in [6.07, 6.45) is 0.613. The molecule has 24 heavy (non-hydrogen) atoms. The Balaban J connectivity index is 2.63. The number of sulfonamides is 1. The second-order valence-corrected chi connectivity index (χ2v) is 7.51. The van der Waals surface area contributed by atoms with Crippen LogP contribution >= 0.6 is 0 Å². The maximum atomic E-state index is 13.0. The van der Waals surface area contributed by atoms with Crippen molar-refractivity contribution in [1.82, 2.24) is 0 Å². The van der Waals surface area contributed by atoms with Crippen LogP contribution < -0.4 is 4.31 Å². The zero-order valence-corrected chi connectivity index (χ0v) is 14.8. The Bertz CT molecular complexity index is 842. The third-order valence-corrected chi connectivity index (χ3v) is 5.67. The van der Waals surface area contributed by atoms with Gasteiger partial charge in [-0.15, -0.1) is 0 Å². The zero-order chi connectivity index (χ0) is 17.9. The SMILES string of the molecule is CCc1c(C)cccc1N(CC(=O)O)S(=O)(=O)c1ccc(C)cc1. The van der Waals surface area contributed by atoms with Gasteiger partial charge in [-0.25, -0.2) is 8.42 Å². The van der Waals surface area contributed by atoms with Gasteiger partial charge in [0.25, 0.3) is 10.0 Å². The van der Waals surface area contributed by atoms with Crippen molar-refractivity contribution in [1.29, 1.82) is 0 Å². The standard InChI is InChI=1S/C18H21NO4S/c1-4-16-14(3)6-5-7-17(16)19(12-18(20)21)24(22,23)15-10-8-13(2)9-11-15/h5-11H,4,12H2,1-3H3,(H,20,21). The van der Waals surface area contributed by atoms with Gasteiger partial charge >= 0.3 is 5.97 Å². The van der Waals surface area contributed by atoms with Crippen LogP contribution in [-0.2, 0) is 21.2 Å². The molecule has 0 atom stereocenters. The Morgan fingerprint density at radius 1 is 1.08 bits per heavy atom. The Labute approximate surface area is 142 Å². The minimum Gasteiger partial charge on any atom is -0.480 e. The molecule has 0 aliphatic heterocycles. The van der Waals surface area contributed by atoms with Crippen molar-refractivity contribution < 1.29 is 18.3 Å². The third kappa shape index (κ3) is 3.59. The monoisotopic (exact) mass is 347 g/mol. The first-order valence-corrected chi connectivity index (χ1v) is 9.11. The van der Waals surface area contributed by atoms with Crippen molar-refractivity contribution in [3.8, 4) is 0 Å². The van der Waals surface area contributed by atoms with E-state index in [1.807, 2.05) is 26.8 Å². The molecule has 0 fully saturated rings. The molecule has 0 saturated carbocycles. The van der Waals surface area contributed by atoms with Gasteiger partial charge in [-0.3, -0.25) is 9.10 Å². The molecule has 0 heterocycles. The van der Waals surface area contributed by atoms with Crippen molar-refractivity contribution in [3.05, 3.63) is 59.2 Å². The number of hydrogen-bond acceptors (Lipinski definition) is 3. The van der Waals surface area contributed by atoms with E-state index in [2.05, 4.69) is 0 Å². The van der Waals surface area contributed by atoms with Crippen LogP contribution in [0.3, 0.4) is 0 Å². The molecule has 2 aromatic rings. The lowest BCUT2D eigenvalue weighted by molar-refractivity contribution is -0.135. The van der Waals surface area contributed by atoms with E-state index in [1.54, 1.807) is 24.3 Å². The molecule has 128 valence electrons. The van der Waals surface area contributed by atoms with Gasteiger partial charge in [0, 0.05) is 0 Å². The van der Waals surface area contributed by atoms with Crippen LogP contribution in [-0.4, -0.2) is 26.0 Å². The number of nitrogens with zero attached hydrogens (tertiary/aromatic N) is 1. The molecule has 2 aromatic carbocycles. The molecule has 0 aromatic heterocycles. The first-order chi connectivity index (χ1) is 11.3.